The highest BCUT2D eigenvalue weighted by Gasteiger charge is 2.17. The van der Waals surface area contributed by atoms with E-state index in [0.717, 1.165) is 25.3 Å². The summed E-state index contributed by atoms with van der Waals surface area (Å²) in [6.07, 6.45) is 4.47. The predicted molar refractivity (Wildman–Crippen MR) is 70.7 cm³/mol. The Morgan fingerprint density at radius 1 is 1.59 bits per heavy atom. The van der Waals surface area contributed by atoms with Gasteiger partial charge in [-0.25, -0.2) is 0 Å². The molecule has 1 rings (SSSR count). The number of carbonyl (C=O) groups is 1. The van der Waals surface area contributed by atoms with Crippen molar-refractivity contribution >= 4 is 5.91 Å². The van der Waals surface area contributed by atoms with Gasteiger partial charge in [0.1, 0.15) is 0 Å². The average molecular weight is 241 g/mol. The lowest BCUT2D eigenvalue weighted by Crippen LogP contribution is -2.36. The molecule has 1 fully saturated rings. The molecular formula is C13H27N3O. The Morgan fingerprint density at radius 3 is 3.00 bits per heavy atom. The summed E-state index contributed by atoms with van der Waals surface area (Å²) in [6, 6.07) is 0. The van der Waals surface area contributed by atoms with Crippen LogP contribution in [0.25, 0.3) is 0 Å². The lowest BCUT2D eigenvalue weighted by atomic mass is 9.95. The van der Waals surface area contributed by atoms with E-state index in [4.69, 9.17) is 5.73 Å². The van der Waals surface area contributed by atoms with Gasteiger partial charge in [0, 0.05) is 19.0 Å². The van der Waals surface area contributed by atoms with Gasteiger partial charge < -0.3 is 16.0 Å². The lowest BCUT2D eigenvalue weighted by Gasteiger charge is -2.29. The zero-order chi connectivity index (χ0) is 12.7. The van der Waals surface area contributed by atoms with Crippen molar-refractivity contribution in [1.82, 2.24) is 10.2 Å². The van der Waals surface area contributed by atoms with Gasteiger partial charge in [-0.2, -0.15) is 0 Å². The van der Waals surface area contributed by atoms with E-state index in [2.05, 4.69) is 17.3 Å². The van der Waals surface area contributed by atoms with E-state index in [1.54, 1.807) is 0 Å². The van der Waals surface area contributed by atoms with Crippen LogP contribution < -0.4 is 11.1 Å². The molecule has 1 amide bonds. The molecule has 1 heterocycles. The second-order valence-electron chi connectivity index (χ2n) is 5.33. The highest BCUT2D eigenvalue weighted by Crippen LogP contribution is 2.17. The molecule has 100 valence electrons. The van der Waals surface area contributed by atoms with Crippen LogP contribution >= 0.6 is 0 Å². The zero-order valence-corrected chi connectivity index (χ0v) is 11.2. The molecule has 2 unspecified atom stereocenters. The Labute approximate surface area is 105 Å². The van der Waals surface area contributed by atoms with E-state index in [9.17, 15) is 4.79 Å². The summed E-state index contributed by atoms with van der Waals surface area (Å²) in [5.41, 5.74) is 5.44. The molecule has 1 aliphatic rings. The number of nitrogens with zero attached hydrogens (tertiary/aromatic N) is 1. The van der Waals surface area contributed by atoms with Gasteiger partial charge in [0.2, 0.25) is 5.91 Å². The summed E-state index contributed by atoms with van der Waals surface area (Å²) < 4.78 is 0. The topological polar surface area (TPSA) is 58.4 Å². The maximum atomic E-state index is 11.7. The number of carbonyl (C=O) groups excluding carboxylic acids is 1. The first-order valence-corrected chi connectivity index (χ1v) is 6.79. The van der Waals surface area contributed by atoms with E-state index in [0.29, 0.717) is 6.54 Å². The van der Waals surface area contributed by atoms with Crippen LogP contribution in [-0.2, 0) is 4.79 Å². The SMILES string of the molecule is CC(CCN)C(=O)NCCC1CCCN(C)C1. The number of hydrogen-bond donors (Lipinski definition) is 2. The Hall–Kier alpha value is -0.610. The lowest BCUT2D eigenvalue weighted by molar-refractivity contribution is -0.124. The minimum atomic E-state index is 0.0500. The van der Waals surface area contributed by atoms with Crippen LogP contribution in [0.1, 0.15) is 32.6 Å². The van der Waals surface area contributed by atoms with Crippen molar-refractivity contribution in [3.8, 4) is 0 Å². The molecule has 17 heavy (non-hydrogen) atoms. The molecular weight excluding hydrogens is 214 g/mol. The van der Waals surface area contributed by atoms with E-state index >= 15 is 0 Å². The summed E-state index contributed by atoms with van der Waals surface area (Å²) in [4.78, 5) is 14.0. The second kappa shape index (κ2) is 7.67. The van der Waals surface area contributed by atoms with Crippen molar-refractivity contribution < 1.29 is 4.79 Å². The number of nitrogens with one attached hydrogen (secondary N) is 1. The van der Waals surface area contributed by atoms with Crippen molar-refractivity contribution in [2.45, 2.75) is 32.6 Å². The van der Waals surface area contributed by atoms with E-state index < -0.39 is 0 Å². The number of likely N-dealkylation sites (tertiary alicyclic amines) is 1. The molecule has 2 atom stereocenters. The standard InChI is InChI=1S/C13H27N3O/c1-11(5-7-14)13(17)15-8-6-12-4-3-9-16(2)10-12/h11-12H,3-10,14H2,1-2H3,(H,15,17). The number of amides is 1. The Kier molecular flexibility index (Phi) is 6.52. The third-order valence-electron chi connectivity index (χ3n) is 3.62. The molecule has 1 aliphatic heterocycles. The van der Waals surface area contributed by atoms with Crippen molar-refractivity contribution in [3.05, 3.63) is 0 Å². The summed E-state index contributed by atoms with van der Waals surface area (Å²) in [7, 11) is 2.17. The fraction of sp³-hybridized carbons (Fsp3) is 0.923. The van der Waals surface area contributed by atoms with Crippen molar-refractivity contribution in [2.75, 3.05) is 33.2 Å². The maximum absolute atomic E-state index is 11.7. The summed E-state index contributed by atoms with van der Waals surface area (Å²) in [6.45, 7) is 5.73. The van der Waals surface area contributed by atoms with Gasteiger partial charge in [-0.15, -0.1) is 0 Å². The van der Waals surface area contributed by atoms with Gasteiger partial charge >= 0.3 is 0 Å². The molecule has 0 aromatic carbocycles. The molecule has 0 saturated carbocycles. The number of nitrogens with two attached hydrogens (primary N) is 1. The van der Waals surface area contributed by atoms with E-state index in [1.165, 1.54) is 25.9 Å². The number of piperidine rings is 1. The van der Waals surface area contributed by atoms with Gasteiger partial charge in [-0.05, 0) is 51.7 Å². The van der Waals surface area contributed by atoms with Gasteiger partial charge in [-0.3, -0.25) is 4.79 Å². The first kappa shape index (κ1) is 14.5. The molecule has 4 nitrogen and oxygen atoms in total. The number of hydrogen-bond acceptors (Lipinski definition) is 3. The van der Waals surface area contributed by atoms with Crippen LogP contribution in [0.3, 0.4) is 0 Å². The van der Waals surface area contributed by atoms with Gasteiger partial charge in [0.25, 0.3) is 0 Å². The van der Waals surface area contributed by atoms with E-state index in [-0.39, 0.29) is 11.8 Å². The predicted octanol–water partition coefficient (Wildman–Crippen LogP) is 0.819. The van der Waals surface area contributed by atoms with Crippen LogP contribution in [0, 0.1) is 11.8 Å². The monoisotopic (exact) mass is 241 g/mol. The quantitative estimate of drug-likeness (QED) is 0.724. The van der Waals surface area contributed by atoms with Gasteiger partial charge in [0.15, 0.2) is 0 Å². The highest BCUT2D eigenvalue weighted by molar-refractivity contribution is 5.78. The highest BCUT2D eigenvalue weighted by atomic mass is 16.1. The molecule has 4 heteroatoms. The molecule has 0 aliphatic carbocycles. The van der Waals surface area contributed by atoms with Gasteiger partial charge in [0.05, 0.1) is 0 Å². The largest absolute Gasteiger partial charge is 0.356 e. The van der Waals surface area contributed by atoms with E-state index in [1.807, 2.05) is 6.92 Å². The number of rotatable bonds is 6. The first-order chi connectivity index (χ1) is 8.13. The fourth-order valence-electron chi connectivity index (χ4n) is 2.46. The van der Waals surface area contributed by atoms with Crippen molar-refractivity contribution in [3.63, 3.8) is 0 Å². The summed E-state index contributed by atoms with van der Waals surface area (Å²) >= 11 is 0. The third-order valence-corrected chi connectivity index (χ3v) is 3.62. The molecule has 0 bridgehead atoms. The van der Waals surface area contributed by atoms with Crippen LogP contribution in [0.4, 0.5) is 0 Å². The maximum Gasteiger partial charge on any atom is 0.222 e. The minimum Gasteiger partial charge on any atom is -0.356 e. The minimum absolute atomic E-state index is 0.0500. The summed E-state index contributed by atoms with van der Waals surface area (Å²) in [5.74, 6) is 0.951. The Balaban J connectivity index is 2.12. The smallest absolute Gasteiger partial charge is 0.222 e. The van der Waals surface area contributed by atoms with Gasteiger partial charge in [-0.1, -0.05) is 6.92 Å². The first-order valence-electron chi connectivity index (χ1n) is 6.79. The Bertz CT molecular complexity index is 233. The molecule has 3 N–H and O–H groups in total. The second-order valence-corrected chi connectivity index (χ2v) is 5.33. The van der Waals surface area contributed by atoms with Crippen molar-refractivity contribution in [2.24, 2.45) is 17.6 Å². The molecule has 0 radical (unpaired) electrons. The fourth-order valence-corrected chi connectivity index (χ4v) is 2.46. The normalized spacial score (nSPS) is 23.4. The van der Waals surface area contributed by atoms with Crippen LogP contribution in [-0.4, -0.2) is 44.0 Å². The Morgan fingerprint density at radius 2 is 2.35 bits per heavy atom. The van der Waals surface area contributed by atoms with Crippen LogP contribution in [0.15, 0.2) is 0 Å². The molecule has 0 aromatic heterocycles. The zero-order valence-electron chi connectivity index (χ0n) is 11.2. The summed E-state index contributed by atoms with van der Waals surface area (Å²) in [5, 5.41) is 3.02. The van der Waals surface area contributed by atoms with Crippen LogP contribution in [0.2, 0.25) is 0 Å². The molecule has 0 aromatic rings. The van der Waals surface area contributed by atoms with Crippen molar-refractivity contribution in [1.29, 1.82) is 0 Å². The average Bonchev–Trinajstić information content (AvgIpc) is 2.29. The third kappa shape index (κ3) is 5.50. The molecule has 0 spiro atoms. The molecule has 1 saturated heterocycles. The van der Waals surface area contributed by atoms with Crippen LogP contribution in [0.5, 0.6) is 0 Å².